The van der Waals surface area contributed by atoms with Crippen molar-refractivity contribution in [3.05, 3.63) is 0 Å². The van der Waals surface area contributed by atoms with Gasteiger partial charge in [0.1, 0.15) is 0 Å². The van der Waals surface area contributed by atoms with Crippen LogP contribution in [0.2, 0.25) is 5.28 Å². The zero-order valence-electron chi connectivity index (χ0n) is 9.15. The van der Waals surface area contributed by atoms with E-state index in [1.54, 1.807) is 0 Å². The summed E-state index contributed by atoms with van der Waals surface area (Å²) < 4.78 is 83.6. The SMILES string of the molecule is CC1COC(C(F)(F)F)(C(F)(F)F)OC1[CH2][AlH2]. The predicted molar refractivity (Wildman–Crippen MR) is 48.2 cm³/mol. The molecule has 1 saturated heterocycles. The van der Waals surface area contributed by atoms with Gasteiger partial charge in [-0.1, -0.05) is 12.2 Å². The first-order valence-electron chi connectivity index (χ1n) is 5.00. The fourth-order valence-electron chi connectivity index (χ4n) is 1.66. The Bertz CT molecular complexity index is 262. The fraction of sp³-hybridized carbons (Fsp3) is 1.00. The molecule has 0 saturated carbocycles. The van der Waals surface area contributed by atoms with Gasteiger partial charge in [-0.2, -0.15) is 26.3 Å². The van der Waals surface area contributed by atoms with E-state index in [0.717, 1.165) is 0 Å². The van der Waals surface area contributed by atoms with Crippen LogP contribution < -0.4 is 0 Å². The Hall–Kier alpha value is 0.0325. The van der Waals surface area contributed by atoms with Gasteiger partial charge < -0.3 is 9.47 Å². The highest BCUT2D eigenvalue weighted by atomic mass is 27.0. The number of alkyl halides is 6. The maximum absolute atomic E-state index is 12.6. The quantitative estimate of drug-likeness (QED) is 0.539. The maximum atomic E-state index is 12.6. The van der Waals surface area contributed by atoms with Gasteiger partial charge in [0, 0.05) is 5.92 Å². The minimum Gasteiger partial charge on any atom is -0.335 e. The molecule has 2 nitrogen and oxygen atoms in total. The van der Waals surface area contributed by atoms with Gasteiger partial charge in [-0.15, -0.1) is 0 Å². The number of ether oxygens (including phenoxy) is 2. The molecule has 2 unspecified atom stereocenters. The molecule has 0 radical (unpaired) electrons. The van der Waals surface area contributed by atoms with Crippen LogP contribution in [0, 0.1) is 5.92 Å². The molecule has 1 fully saturated rings. The molecule has 1 aliphatic rings. The van der Waals surface area contributed by atoms with Gasteiger partial charge in [0.15, 0.2) is 0 Å². The summed E-state index contributed by atoms with van der Waals surface area (Å²) in [4.78, 5) is 0. The third kappa shape index (κ3) is 2.57. The molecule has 2 atom stereocenters. The molecule has 17 heavy (non-hydrogen) atoms. The second-order valence-electron chi connectivity index (χ2n) is 3.96. The van der Waals surface area contributed by atoms with E-state index in [0.29, 0.717) is 16.3 Å². The molecule has 0 bridgehead atoms. The summed E-state index contributed by atoms with van der Waals surface area (Å²) >= 11 is 0.456. The molecule has 1 heterocycles. The van der Waals surface area contributed by atoms with Crippen LogP contribution in [0.15, 0.2) is 0 Å². The van der Waals surface area contributed by atoms with Crippen molar-refractivity contribution in [2.24, 2.45) is 5.92 Å². The molecule has 0 aromatic heterocycles. The third-order valence-corrected chi connectivity index (χ3v) is 3.45. The molecule has 100 valence electrons. The van der Waals surface area contributed by atoms with Crippen LogP contribution in [0.1, 0.15) is 6.92 Å². The lowest BCUT2D eigenvalue weighted by molar-refractivity contribution is -0.494. The van der Waals surface area contributed by atoms with Gasteiger partial charge in [0.25, 0.3) is 0 Å². The Morgan fingerprint density at radius 1 is 1.18 bits per heavy atom. The average Bonchev–Trinajstić information content (AvgIpc) is 2.14. The number of hydrogen-bond donors (Lipinski definition) is 0. The highest BCUT2D eigenvalue weighted by Crippen LogP contribution is 2.50. The smallest absolute Gasteiger partial charge is 0.335 e. The minimum atomic E-state index is -5.64. The van der Waals surface area contributed by atoms with E-state index in [1.165, 1.54) is 6.92 Å². The summed E-state index contributed by atoms with van der Waals surface area (Å²) in [6.07, 6.45) is -12.3. The summed E-state index contributed by atoms with van der Waals surface area (Å²) in [5.41, 5.74) is 0. The van der Waals surface area contributed by atoms with Gasteiger partial charge in [0.05, 0.1) is 12.7 Å². The predicted octanol–water partition coefficient (Wildman–Crippen LogP) is 1.91. The van der Waals surface area contributed by atoms with Crippen LogP contribution in [0.25, 0.3) is 0 Å². The number of halogens is 6. The molecule has 1 aliphatic heterocycles. The van der Waals surface area contributed by atoms with Crippen LogP contribution >= 0.6 is 0 Å². The topological polar surface area (TPSA) is 18.5 Å². The van der Waals surface area contributed by atoms with Crippen LogP contribution in [-0.2, 0) is 9.47 Å². The van der Waals surface area contributed by atoms with Gasteiger partial charge in [-0.05, 0) is 0 Å². The minimum absolute atomic E-state index is 0.193. The van der Waals surface area contributed by atoms with E-state index in [9.17, 15) is 26.3 Å². The lowest BCUT2D eigenvalue weighted by Gasteiger charge is -2.44. The molecular formula is C8H11AlF6O2. The van der Waals surface area contributed by atoms with Crippen LogP contribution in [0.4, 0.5) is 26.3 Å². The normalized spacial score (nSPS) is 30.3. The zero-order valence-corrected chi connectivity index (χ0v) is 11.2. The molecule has 1 rings (SSSR count). The standard InChI is InChI=1S/C8H9F6O2.Al.2H/c1-4-3-15-6(7(9,10)11,8(12,13)14)16-5(4)2;;;/h4-5H,2-3H2,1H3;;;. The first-order valence-corrected chi connectivity index (χ1v) is 6.42. The molecule has 0 aromatic rings. The number of rotatable bonds is 1. The Kier molecular flexibility index (Phi) is 4.09. The van der Waals surface area contributed by atoms with Crippen molar-refractivity contribution < 1.29 is 35.8 Å². The Morgan fingerprint density at radius 2 is 1.65 bits per heavy atom. The Morgan fingerprint density at radius 3 is 2.00 bits per heavy atom. The lowest BCUT2D eigenvalue weighted by atomic mass is 10.0. The molecule has 0 aliphatic carbocycles. The highest BCUT2D eigenvalue weighted by Gasteiger charge is 2.76. The van der Waals surface area contributed by atoms with E-state index in [-0.39, 0.29) is 5.28 Å². The van der Waals surface area contributed by atoms with Gasteiger partial charge in [-0.3, -0.25) is 0 Å². The second kappa shape index (κ2) is 4.61. The van der Waals surface area contributed by atoms with Crippen LogP contribution in [0.3, 0.4) is 0 Å². The Labute approximate surface area is 102 Å². The largest absolute Gasteiger partial charge is 0.453 e. The van der Waals surface area contributed by atoms with E-state index in [2.05, 4.69) is 9.47 Å². The third-order valence-electron chi connectivity index (χ3n) is 2.65. The van der Waals surface area contributed by atoms with E-state index >= 15 is 0 Å². The molecule has 9 heteroatoms. The summed E-state index contributed by atoms with van der Waals surface area (Å²) in [6, 6.07) is 0. The van der Waals surface area contributed by atoms with Crippen molar-refractivity contribution in [1.82, 2.24) is 0 Å². The maximum Gasteiger partial charge on any atom is 0.453 e. The van der Waals surface area contributed by atoms with Crippen molar-refractivity contribution in [3.8, 4) is 0 Å². The Balaban J connectivity index is 3.10. The molecule has 0 N–H and O–H groups in total. The van der Waals surface area contributed by atoms with E-state index < -0.39 is 36.8 Å². The van der Waals surface area contributed by atoms with Gasteiger partial charge >= 0.3 is 18.1 Å². The van der Waals surface area contributed by atoms with Crippen LogP contribution in [-0.4, -0.2) is 47.1 Å². The molecule has 0 amide bonds. The molecular weight excluding hydrogens is 269 g/mol. The number of hydrogen-bond acceptors (Lipinski definition) is 2. The van der Waals surface area contributed by atoms with Crippen molar-refractivity contribution >= 4 is 16.3 Å². The first-order chi connectivity index (χ1) is 7.55. The highest BCUT2D eigenvalue weighted by molar-refractivity contribution is 6.08. The first kappa shape index (κ1) is 15.1. The summed E-state index contributed by atoms with van der Waals surface area (Å²) in [7, 11) is 0. The monoisotopic (exact) mass is 280 g/mol. The second-order valence-corrected chi connectivity index (χ2v) is 4.78. The van der Waals surface area contributed by atoms with E-state index in [1.807, 2.05) is 0 Å². The molecule has 0 spiro atoms. The van der Waals surface area contributed by atoms with Crippen molar-refractivity contribution in [3.63, 3.8) is 0 Å². The van der Waals surface area contributed by atoms with Gasteiger partial charge in [0.2, 0.25) is 16.3 Å². The van der Waals surface area contributed by atoms with Crippen LogP contribution in [0.5, 0.6) is 0 Å². The van der Waals surface area contributed by atoms with Gasteiger partial charge in [-0.25, -0.2) is 0 Å². The fourth-order valence-corrected chi connectivity index (χ4v) is 2.63. The molecule has 0 aromatic carbocycles. The van der Waals surface area contributed by atoms with Crippen molar-refractivity contribution in [2.45, 2.75) is 36.5 Å². The summed E-state index contributed by atoms with van der Waals surface area (Å²) in [6.45, 7) is 0.880. The van der Waals surface area contributed by atoms with E-state index in [4.69, 9.17) is 0 Å². The summed E-state index contributed by atoms with van der Waals surface area (Å²) in [5, 5.41) is 0.193. The average molecular weight is 280 g/mol. The zero-order chi connectivity index (χ0) is 13.5. The lowest BCUT2D eigenvalue weighted by Crippen LogP contribution is -2.65. The van der Waals surface area contributed by atoms with Crippen molar-refractivity contribution in [2.75, 3.05) is 6.61 Å². The summed E-state index contributed by atoms with van der Waals surface area (Å²) in [5.74, 6) is -4.95. The van der Waals surface area contributed by atoms with Crippen molar-refractivity contribution in [1.29, 1.82) is 0 Å².